The maximum absolute atomic E-state index is 11.0. The number of fused-ring (bicyclic) bond motifs is 2. The third kappa shape index (κ3) is 0.692. The van der Waals surface area contributed by atoms with E-state index in [0.717, 1.165) is 25.7 Å². The number of aliphatic carboxylic acids is 1. The van der Waals surface area contributed by atoms with Gasteiger partial charge in [-0.15, -0.1) is 0 Å². The Hall–Kier alpha value is -0.570. The molecule has 3 heteroatoms. The van der Waals surface area contributed by atoms with Crippen LogP contribution in [0.3, 0.4) is 0 Å². The van der Waals surface area contributed by atoms with Crippen LogP contribution in [-0.2, 0) is 4.79 Å². The van der Waals surface area contributed by atoms with Gasteiger partial charge >= 0.3 is 5.97 Å². The molecule has 2 aliphatic rings. The molecule has 11 heavy (non-hydrogen) atoms. The molecular weight excluding hydrogens is 142 g/mol. The smallest absolute Gasteiger partial charge is 0.324 e. The minimum atomic E-state index is -0.625. The fourth-order valence-corrected chi connectivity index (χ4v) is 2.53. The first-order valence-corrected chi connectivity index (χ1v) is 4.13. The molecule has 0 aromatic carbocycles. The Bertz CT molecular complexity index is 194. The van der Waals surface area contributed by atoms with Crippen molar-refractivity contribution in [3.8, 4) is 0 Å². The summed E-state index contributed by atoms with van der Waals surface area (Å²) in [5, 5.41) is 9.02. The molecule has 1 N–H and O–H groups in total. The average Bonchev–Trinajstić information content (AvgIpc) is 2.46. The van der Waals surface area contributed by atoms with E-state index in [2.05, 4.69) is 4.90 Å². The van der Waals surface area contributed by atoms with E-state index >= 15 is 0 Å². The Morgan fingerprint density at radius 2 is 2.09 bits per heavy atom. The van der Waals surface area contributed by atoms with Crippen LogP contribution in [0, 0.1) is 0 Å². The lowest BCUT2D eigenvalue weighted by atomic mass is 9.88. The highest BCUT2D eigenvalue weighted by Gasteiger charge is 2.54. The molecule has 2 rings (SSSR count). The van der Waals surface area contributed by atoms with Crippen molar-refractivity contribution in [2.75, 3.05) is 7.05 Å². The highest BCUT2D eigenvalue weighted by atomic mass is 16.4. The Labute approximate surface area is 66.0 Å². The van der Waals surface area contributed by atoms with Gasteiger partial charge in [-0.25, -0.2) is 0 Å². The van der Waals surface area contributed by atoms with Crippen molar-refractivity contribution < 1.29 is 9.90 Å². The number of hydrogen-bond acceptors (Lipinski definition) is 2. The van der Waals surface area contributed by atoms with Crippen LogP contribution in [0.25, 0.3) is 0 Å². The number of hydrogen-bond donors (Lipinski definition) is 1. The van der Waals surface area contributed by atoms with Crippen LogP contribution >= 0.6 is 0 Å². The lowest BCUT2D eigenvalue weighted by Crippen LogP contribution is -2.45. The fraction of sp³-hybridized carbons (Fsp3) is 0.875. The Kier molecular flexibility index (Phi) is 1.27. The molecule has 2 saturated heterocycles. The second-order valence-corrected chi connectivity index (χ2v) is 3.68. The lowest BCUT2D eigenvalue weighted by Gasteiger charge is -2.26. The second kappa shape index (κ2) is 1.97. The van der Waals surface area contributed by atoms with E-state index < -0.39 is 11.5 Å². The van der Waals surface area contributed by atoms with Gasteiger partial charge in [0.25, 0.3) is 0 Å². The van der Waals surface area contributed by atoms with Gasteiger partial charge in [-0.3, -0.25) is 9.69 Å². The minimum absolute atomic E-state index is 0.481. The van der Waals surface area contributed by atoms with Crippen LogP contribution in [0.5, 0.6) is 0 Å². The van der Waals surface area contributed by atoms with E-state index in [1.165, 1.54) is 0 Å². The quantitative estimate of drug-likeness (QED) is 0.606. The Morgan fingerprint density at radius 1 is 1.55 bits per heavy atom. The van der Waals surface area contributed by atoms with Crippen LogP contribution in [0.4, 0.5) is 0 Å². The predicted octanol–water partition coefficient (Wildman–Crippen LogP) is 0.698. The zero-order valence-electron chi connectivity index (χ0n) is 6.71. The maximum Gasteiger partial charge on any atom is 0.324 e. The zero-order valence-corrected chi connectivity index (χ0v) is 6.71. The van der Waals surface area contributed by atoms with Crippen molar-refractivity contribution in [1.29, 1.82) is 0 Å². The van der Waals surface area contributed by atoms with Crippen molar-refractivity contribution >= 4 is 5.97 Å². The van der Waals surface area contributed by atoms with E-state index in [-0.39, 0.29) is 0 Å². The summed E-state index contributed by atoms with van der Waals surface area (Å²) in [4.78, 5) is 13.0. The summed E-state index contributed by atoms with van der Waals surface area (Å²) in [7, 11) is 1.94. The zero-order chi connectivity index (χ0) is 8.06. The maximum atomic E-state index is 11.0. The van der Waals surface area contributed by atoms with Crippen LogP contribution in [-0.4, -0.2) is 34.6 Å². The minimum Gasteiger partial charge on any atom is -0.480 e. The van der Waals surface area contributed by atoms with Crippen molar-refractivity contribution in [2.45, 2.75) is 37.3 Å². The van der Waals surface area contributed by atoms with Gasteiger partial charge in [-0.05, 0) is 32.7 Å². The van der Waals surface area contributed by atoms with E-state index in [1.54, 1.807) is 0 Å². The average molecular weight is 155 g/mol. The van der Waals surface area contributed by atoms with Gasteiger partial charge in [0, 0.05) is 6.04 Å². The van der Waals surface area contributed by atoms with Gasteiger partial charge in [0.15, 0.2) is 0 Å². The van der Waals surface area contributed by atoms with Gasteiger partial charge in [0.1, 0.15) is 5.54 Å². The molecule has 0 amide bonds. The predicted molar refractivity (Wildman–Crippen MR) is 40.4 cm³/mol. The number of nitrogens with zero attached hydrogens (tertiary/aromatic N) is 1. The molecule has 62 valence electrons. The summed E-state index contributed by atoms with van der Waals surface area (Å²) in [6, 6.07) is 0.547. The van der Waals surface area contributed by atoms with E-state index in [1.807, 2.05) is 7.05 Å². The van der Waals surface area contributed by atoms with Gasteiger partial charge in [0.2, 0.25) is 0 Å². The largest absolute Gasteiger partial charge is 0.480 e. The number of carbonyl (C=O) groups is 1. The number of rotatable bonds is 1. The summed E-state index contributed by atoms with van der Waals surface area (Å²) >= 11 is 0. The summed E-state index contributed by atoms with van der Waals surface area (Å²) in [6.45, 7) is 0. The van der Waals surface area contributed by atoms with Gasteiger partial charge in [0.05, 0.1) is 0 Å². The molecule has 0 saturated carbocycles. The molecular formula is C8H13NO2. The van der Waals surface area contributed by atoms with E-state index in [0.29, 0.717) is 6.04 Å². The molecule has 2 bridgehead atoms. The highest BCUT2D eigenvalue weighted by Crippen LogP contribution is 2.45. The normalized spacial score (nSPS) is 43.2. The summed E-state index contributed by atoms with van der Waals surface area (Å²) in [6.07, 6.45) is 3.85. The van der Waals surface area contributed by atoms with Gasteiger partial charge in [-0.2, -0.15) is 0 Å². The second-order valence-electron chi connectivity index (χ2n) is 3.68. The molecule has 2 aliphatic heterocycles. The molecule has 0 unspecified atom stereocenters. The van der Waals surface area contributed by atoms with Crippen LogP contribution in [0.1, 0.15) is 25.7 Å². The summed E-state index contributed by atoms with van der Waals surface area (Å²) in [5.41, 5.74) is -0.481. The SMILES string of the molecule is CN1C2CCC1(C(=O)O)CC2. The van der Waals surface area contributed by atoms with Crippen LogP contribution in [0.15, 0.2) is 0 Å². The summed E-state index contributed by atoms with van der Waals surface area (Å²) in [5.74, 6) is -0.625. The van der Waals surface area contributed by atoms with Crippen molar-refractivity contribution in [3.05, 3.63) is 0 Å². The van der Waals surface area contributed by atoms with Crippen LogP contribution in [0.2, 0.25) is 0 Å². The standard InChI is InChI=1S/C8H13NO2/c1-9-6-2-4-8(9,5-3-6)7(10)11/h6H,2-5H2,1H3,(H,10,11). The highest BCUT2D eigenvalue weighted by molar-refractivity contribution is 5.80. The first kappa shape index (κ1) is 7.10. The first-order valence-electron chi connectivity index (χ1n) is 4.13. The number of carboxylic acid groups (broad SMARTS) is 1. The van der Waals surface area contributed by atoms with E-state index in [4.69, 9.17) is 5.11 Å². The first-order chi connectivity index (χ1) is 5.17. The Morgan fingerprint density at radius 3 is 2.27 bits per heavy atom. The molecule has 0 aromatic heterocycles. The number of carboxylic acids is 1. The molecule has 3 nitrogen and oxygen atoms in total. The molecule has 0 atom stereocenters. The summed E-state index contributed by atoms with van der Waals surface area (Å²) < 4.78 is 0. The van der Waals surface area contributed by atoms with E-state index in [9.17, 15) is 4.79 Å². The number of likely N-dealkylation sites (N-methyl/N-ethyl adjacent to an activating group) is 1. The topological polar surface area (TPSA) is 40.5 Å². The van der Waals surface area contributed by atoms with Gasteiger partial charge in [-0.1, -0.05) is 0 Å². The molecule has 0 aliphatic carbocycles. The molecule has 2 fully saturated rings. The molecule has 0 spiro atoms. The third-order valence-electron chi connectivity index (χ3n) is 3.40. The van der Waals surface area contributed by atoms with Crippen molar-refractivity contribution in [2.24, 2.45) is 0 Å². The van der Waals surface area contributed by atoms with Crippen LogP contribution < -0.4 is 0 Å². The van der Waals surface area contributed by atoms with Crippen molar-refractivity contribution in [3.63, 3.8) is 0 Å². The molecule has 0 aromatic rings. The molecule has 2 heterocycles. The fourth-order valence-electron chi connectivity index (χ4n) is 2.53. The van der Waals surface area contributed by atoms with Crippen molar-refractivity contribution in [1.82, 2.24) is 4.90 Å². The third-order valence-corrected chi connectivity index (χ3v) is 3.40. The lowest BCUT2D eigenvalue weighted by molar-refractivity contribution is -0.148. The molecule has 0 radical (unpaired) electrons. The monoisotopic (exact) mass is 155 g/mol. The Balaban J connectivity index is 2.31. The van der Waals surface area contributed by atoms with Gasteiger partial charge < -0.3 is 5.11 Å².